The van der Waals surface area contributed by atoms with E-state index >= 15 is 0 Å². The Balaban J connectivity index is 3.97. The summed E-state index contributed by atoms with van der Waals surface area (Å²) in [4.78, 5) is 23.0. The number of hydrogen-bond acceptors (Lipinski definition) is 4. The highest BCUT2D eigenvalue weighted by Crippen LogP contribution is 1.95. The third-order valence-corrected chi connectivity index (χ3v) is 1.72. The molecule has 0 heterocycles. The fraction of sp³-hybridized carbons (Fsp3) is 0.750. The first-order valence-electron chi connectivity index (χ1n) is 4.20. The molecular weight excluding hydrogens is 188 g/mol. The summed E-state index contributed by atoms with van der Waals surface area (Å²) in [5, 5.41) is 8.42. The first-order chi connectivity index (χ1) is 6.49. The first kappa shape index (κ1) is 12.9. The number of nitrogens with zero attached hydrogens (tertiary/aromatic N) is 1. The average Bonchev–Trinajstić information content (AvgIpc) is 2.11. The third-order valence-electron chi connectivity index (χ3n) is 1.72. The zero-order valence-corrected chi connectivity index (χ0v) is 8.40. The molecule has 0 spiro atoms. The summed E-state index contributed by atoms with van der Waals surface area (Å²) >= 11 is 0. The molecule has 6 heteroatoms. The Labute approximate surface area is 82.6 Å². The highest BCUT2D eigenvalue weighted by atomic mass is 16.5. The summed E-state index contributed by atoms with van der Waals surface area (Å²) in [5.41, 5.74) is 5.38. The molecule has 0 bridgehead atoms. The molecule has 82 valence electrons. The van der Waals surface area contributed by atoms with Gasteiger partial charge < -0.3 is 20.5 Å². The molecule has 0 aromatic carbocycles. The van der Waals surface area contributed by atoms with Crippen molar-refractivity contribution >= 4 is 11.9 Å². The van der Waals surface area contributed by atoms with E-state index in [0.717, 1.165) is 0 Å². The van der Waals surface area contributed by atoms with Crippen molar-refractivity contribution in [3.63, 3.8) is 0 Å². The van der Waals surface area contributed by atoms with E-state index in [9.17, 15) is 9.59 Å². The summed E-state index contributed by atoms with van der Waals surface area (Å²) < 4.78 is 4.77. The van der Waals surface area contributed by atoms with Crippen LogP contribution in [0.2, 0.25) is 0 Å². The van der Waals surface area contributed by atoms with Gasteiger partial charge in [0.1, 0.15) is 0 Å². The maximum absolute atomic E-state index is 11.4. The maximum Gasteiger partial charge on any atom is 0.305 e. The number of nitrogens with two attached hydrogens (primary N) is 1. The number of ether oxygens (including phenoxy) is 1. The van der Waals surface area contributed by atoms with Crippen molar-refractivity contribution in [1.29, 1.82) is 0 Å². The predicted octanol–water partition coefficient (Wildman–Crippen LogP) is -1.11. The Bertz CT molecular complexity index is 208. The van der Waals surface area contributed by atoms with Crippen LogP contribution in [0.15, 0.2) is 0 Å². The lowest BCUT2D eigenvalue weighted by Crippen LogP contribution is -2.44. The number of methoxy groups -OCH3 is 1. The molecule has 0 aliphatic carbocycles. The Morgan fingerprint density at radius 2 is 2.14 bits per heavy atom. The van der Waals surface area contributed by atoms with Crippen LogP contribution in [0.25, 0.3) is 0 Å². The molecule has 1 unspecified atom stereocenters. The first-order valence-corrected chi connectivity index (χ1v) is 4.20. The minimum absolute atomic E-state index is 0.351. The van der Waals surface area contributed by atoms with Crippen LogP contribution in [0.4, 0.5) is 0 Å². The number of carbonyl (C=O) groups excluding carboxylic acids is 1. The molecule has 0 fully saturated rings. The maximum atomic E-state index is 11.4. The molecule has 6 nitrogen and oxygen atoms in total. The van der Waals surface area contributed by atoms with Crippen LogP contribution < -0.4 is 5.73 Å². The lowest BCUT2D eigenvalue weighted by molar-refractivity contribution is -0.141. The van der Waals surface area contributed by atoms with Crippen LogP contribution in [0, 0.1) is 0 Å². The van der Waals surface area contributed by atoms with E-state index < -0.39 is 12.0 Å². The van der Waals surface area contributed by atoms with E-state index in [4.69, 9.17) is 15.6 Å². The van der Waals surface area contributed by atoms with Gasteiger partial charge in [-0.25, -0.2) is 0 Å². The van der Waals surface area contributed by atoms with Crippen molar-refractivity contribution in [1.82, 2.24) is 4.90 Å². The van der Waals surface area contributed by atoms with Crippen molar-refractivity contribution in [2.24, 2.45) is 5.73 Å². The van der Waals surface area contributed by atoms with Crippen LogP contribution in [-0.4, -0.2) is 55.2 Å². The molecule has 1 amide bonds. The van der Waals surface area contributed by atoms with Crippen molar-refractivity contribution in [2.75, 3.05) is 27.3 Å². The van der Waals surface area contributed by atoms with Gasteiger partial charge in [-0.05, 0) is 0 Å². The highest BCUT2D eigenvalue weighted by Gasteiger charge is 2.20. The molecular formula is C8H16N2O4. The summed E-state index contributed by atoms with van der Waals surface area (Å²) in [6.07, 6.45) is -0.351. The number of aliphatic carboxylic acids is 1. The van der Waals surface area contributed by atoms with Crippen LogP contribution in [0.3, 0.4) is 0 Å². The summed E-state index contributed by atoms with van der Waals surface area (Å²) in [6, 6.07) is -0.977. The Morgan fingerprint density at radius 3 is 2.57 bits per heavy atom. The number of carbonyl (C=O) groups is 2. The van der Waals surface area contributed by atoms with Gasteiger partial charge in [0.05, 0.1) is 19.1 Å². The van der Waals surface area contributed by atoms with E-state index in [2.05, 4.69) is 0 Å². The lowest BCUT2D eigenvalue weighted by Gasteiger charge is -2.19. The zero-order chi connectivity index (χ0) is 11.1. The fourth-order valence-electron chi connectivity index (χ4n) is 0.897. The average molecular weight is 204 g/mol. The molecule has 0 aromatic rings. The Kier molecular flexibility index (Phi) is 5.82. The highest BCUT2D eigenvalue weighted by molar-refractivity contribution is 5.85. The number of hydrogen-bond donors (Lipinski definition) is 2. The van der Waals surface area contributed by atoms with Gasteiger partial charge in [-0.2, -0.15) is 0 Å². The van der Waals surface area contributed by atoms with Gasteiger partial charge in [0.2, 0.25) is 5.91 Å². The predicted molar refractivity (Wildman–Crippen MR) is 49.7 cm³/mol. The van der Waals surface area contributed by atoms with E-state index in [-0.39, 0.29) is 12.3 Å². The standard InChI is InChI=1S/C8H16N2O4/c1-10(3-4-14-2)8(13)6(9)5-7(11)12/h6H,3-5,9H2,1-2H3,(H,11,12). The second kappa shape index (κ2) is 6.33. The zero-order valence-electron chi connectivity index (χ0n) is 8.40. The molecule has 3 N–H and O–H groups in total. The second-order valence-electron chi connectivity index (χ2n) is 2.96. The minimum Gasteiger partial charge on any atom is -0.481 e. The lowest BCUT2D eigenvalue weighted by atomic mass is 10.2. The fourth-order valence-corrected chi connectivity index (χ4v) is 0.897. The number of rotatable bonds is 6. The smallest absolute Gasteiger partial charge is 0.305 e. The van der Waals surface area contributed by atoms with Crippen molar-refractivity contribution < 1.29 is 19.4 Å². The van der Waals surface area contributed by atoms with Crippen LogP contribution >= 0.6 is 0 Å². The number of carboxylic acids is 1. The summed E-state index contributed by atoms with van der Waals surface area (Å²) in [7, 11) is 3.08. The monoisotopic (exact) mass is 204 g/mol. The summed E-state index contributed by atoms with van der Waals surface area (Å²) in [5.74, 6) is -1.46. The van der Waals surface area contributed by atoms with E-state index in [1.165, 1.54) is 12.0 Å². The molecule has 0 saturated heterocycles. The van der Waals surface area contributed by atoms with Crippen molar-refractivity contribution in [2.45, 2.75) is 12.5 Å². The van der Waals surface area contributed by atoms with E-state index in [0.29, 0.717) is 13.2 Å². The number of likely N-dealkylation sites (N-methyl/N-ethyl adjacent to an activating group) is 1. The van der Waals surface area contributed by atoms with Gasteiger partial charge in [0.15, 0.2) is 0 Å². The second-order valence-corrected chi connectivity index (χ2v) is 2.96. The number of amides is 1. The molecule has 0 aromatic heterocycles. The molecule has 0 radical (unpaired) electrons. The van der Waals surface area contributed by atoms with E-state index in [1.54, 1.807) is 7.05 Å². The molecule has 0 rings (SSSR count). The van der Waals surface area contributed by atoms with Crippen molar-refractivity contribution in [3.8, 4) is 0 Å². The molecule has 0 saturated carbocycles. The Morgan fingerprint density at radius 1 is 1.57 bits per heavy atom. The van der Waals surface area contributed by atoms with Crippen LogP contribution in [0.1, 0.15) is 6.42 Å². The third kappa shape index (κ3) is 4.78. The topological polar surface area (TPSA) is 92.9 Å². The van der Waals surface area contributed by atoms with Gasteiger partial charge in [-0.1, -0.05) is 0 Å². The van der Waals surface area contributed by atoms with Crippen LogP contribution in [-0.2, 0) is 14.3 Å². The molecule has 1 atom stereocenters. The van der Waals surface area contributed by atoms with Crippen LogP contribution in [0.5, 0.6) is 0 Å². The normalized spacial score (nSPS) is 12.2. The van der Waals surface area contributed by atoms with E-state index in [1.807, 2.05) is 0 Å². The molecule has 14 heavy (non-hydrogen) atoms. The van der Waals surface area contributed by atoms with Gasteiger partial charge in [-0.15, -0.1) is 0 Å². The largest absolute Gasteiger partial charge is 0.481 e. The quantitative estimate of drug-likeness (QED) is 0.572. The molecule has 0 aliphatic rings. The summed E-state index contributed by atoms with van der Waals surface area (Å²) in [6.45, 7) is 0.810. The van der Waals surface area contributed by atoms with Gasteiger partial charge in [-0.3, -0.25) is 9.59 Å². The van der Waals surface area contributed by atoms with Gasteiger partial charge >= 0.3 is 5.97 Å². The number of carboxylic acid groups (broad SMARTS) is 1. The SMILES string of the molecule is COCCN(C)C(=O)C(N)CC(=O)O. The van der Waals surface area contributed by atoms with Gasteiger partial charge in [0, 0.05) is 20.7 Å². The Hall–Kier alpha value is -1.14. The molecule has 0 aliphatic heterocycles. The van der Waals surface area contributed by atoms with Crippen molar-refractivity contribution in [3.05, 3.63) is 0 Å². The minimum atomic E-state index is -1.08. The van der Waals surface area contributed by atoms with Gasteiger partial charge in [0.25, 0.3) is 0 Å².